The number of rotatable bonds is 6. The predicted molar refractivity (Wildman–Crippen MR) is 268 cm³/mol. The van der Waals surface area contributed by atoms with Crippen molar-refractivity contribution in [3.05, 3.63) is 162 Å². The smallest absolute Gasteiger partial charge is 0.269 e. The highest BCUT2D eigenvalue weighted by molar-refractivity contribution is 6.10. The van der Waals surface area contributed by atoms with Crippen LogP contribution >= 0.6 is 0 Å². The summed E-state index contributed by atoms with van der Waals surface area (Å²) in [6, 6.07) is 39.8. The minimum Gasteiger partial charge on any atom is -0.458 e. The van der Waals surface area contributed by atoms with Gasteiger partial charge in [0, 0.05) is 32.8 Å². The van der Waals surface area contributed by atoms with Crippen LogP contribution in [0.4, 0.5) is 0 Å². The van der Waals surface area contributed by atoms with E-state index < -0.39 is 6.85 Å². The van der Waals surface area contributed by atoms with Gasteiger partial charge in [-0.25, -0.2) is 4.98 Å². The number of benzene rings is 5. The van der Waals surface area contributed by atoms with Gasteiger partial charge in [-0.2, -0.15) is 0 Å². The van der Waals surface area contributed by atoms with Crippen LogP contribution in [0.15, 0.2) is 139 Å². The van der Waals surface area contributed by atoms with Crippen LogP contribution in [0.1, 0.15) is 110 Å². The number of nitrogens with zero attached hydrogens (tertiary/aromatic N) is 4. The van der Waals surface area contributed by atoms with Crippen LogP contribution in [-0.4, -0.2) is 14.1 Å². The molecule has 0 radical (unpaired) electrons. The van der Waals surface area contributed by atoms with Gasteiger partial charge in [-0.15, -0.1) is 0 Å². The molecule has 0 fully saturated rings. The topological polar surface area (TPSA) is 35.9 Å². The summed E-state index contributed by atoms with van der Waals surface area (Å²) in [5.74, 6) is 2.44. The average Bonchev–Trinajstić information content (AvgIpc) is 3.81. The molecule has 0 unspecified atom stereocenters. The first kappa shape index (κ1) is 39.4. The van der Waals surface area contributed by atoms with Gasteiger partial charge in [-0.3, -0.25) is 13.7 Å². The van der Waals surface area contributed by atoms with Crippen LogP contribution in [-0.2, 0) is 10.8 Å². The maximum absolute atomic E-state index is 8.72. The molecule has 0 aliphatic heterocycles. The summed E-state index contributed by atoms with van der Waals surface area (Å²) in [5, 5.41) is 2.24. The van der Waals surface area contributed by atoms with E-state index in [1.165, 1.54) is 11.1 Å². The molecule has 8 aromatic rings. The Labute approximate surface area is 385 Å². The summed E-state index contributed by atoms with van der Waals surface area (Å²) in [4.78, 5) is 4.96. The van der Waals surface area contributed by atoms with Gasteiger partial charge >= 0.3 is 0 Å². The quantitative estimate of drug-likeness (QED) is 0.123. The summed E-state index contributed by atoms with van der Waals surface area (Å²) < 4.78 is 39.5. The normalized spacial score (nSPS) is 16.1. The summed E-state index contributed by atoms with van der Waals surface area (Å²) in [6.07, 6.45) is 11.1. The first-order valence-corrected chi connectivity index (χ1v) is 22.7. The number of pyridine rings is 1. The molecule has 1 aliphatic rings. The van der Waals surface area contributed by atoms with E-state index >= 15 is 0 Å². The molecule has 0 bridgehead atoms. The first-order valence-electron chi connectivity index (χ1n) is 24.2. The van der Waals surface area contributed by atoms with E-state index in [0.717, 1.165) is 67.6 Å². The zero-order valence-electron chi connectivity index (χ0n) is 42.7. The number of allylic oxidation sites excluding steroid dienone is 4. The molecule has 0 spiro atoms. The van der Waals surface area contributed by atoms with Crippen LogP contribution < -0.4 is 9.30 Å². The van der Waals surface area contributed by atoms with Crippen molar-refractivity contribution in [3.8, 4) is 34.1 Å². The Morgan fingerprint density at radius 3 is 2.12 bits per heavy atom. The van der Waals surface area contributed by atoms with E-state index in [9.17, 15) is 0 Å². The highest BCUT2D eigenvalue weighted by Crippen LogP contribution is 2.43. The molecule has 5 heteroatoms. The average molecular weight is 848 g/mol. The number of fused-ring (bicyclic) bond motifs is 4. The molecular weight excluding hydrogens is 781 g/mol. The zero-order chi connectivity index (χ0) is 48.0. The molecule has 9 rings (SSSR count). The second-order valence-corrected chi connectivity index (χ2v) is 22.0. The van der Waals surface area contributed by atoms with E-state index in [1.807, 2.05) is 39.6 Å². The van der Waals surface area contributed by atoms with Crippen molar-refractivity contribution in [2.24, 2.45) is 16.7 Å². The van der Waals surface area contributed by atoms with Crippen molar-refractivity contribution >= 4 is 38.5 Å². The zero-order valence-corrected chi connectivity index (χ0v) is 39.7. The minimum absolute atomic E-state index is 0.00939. The lowest BCUT2D eigenvalue weighted by Gasteiger charge is -2.35. The number of ether oxygens (including phenoxy) is 1. The fourth-order valence-corrected chi connectivity index (χ4v) is 8.99. The third kappa shape index (κ3) is 8.10. The lowest BCUT2D eigenvalue weighted by molar-refractivity contribution is -0.561. The molecule has 5 nitrogen and oxygen atoms in total. The molecule has 0 saturated carbocycles. The summed E-state index contributed by atoms with van der Waals surface area (Å²) in [5.41, 5.74) is 11.0. The third-order valence-corrected chi connectivity index (χ3v) is 13.0. The van der Waals surface area contributed by atoms with Gasteiger partial charge in [0.1, 0.15) is 17.3 Å². The van der Waals surface area contributed by atoms with Crippen LogP contribution in [0.5, 0.6) is 11.5 Å². The summed E-state index contributed by atoms with van der Waals surface area (Å²) >= 11 is 0. The number of aryl methyl sites for hydroxylation is 1. The molecule has 5 aromatic carbocycles. The largest absolute Gasteiger partial charge is 0.458 e. The number of aromatic nitrogens is 4. The van der Waals surface area contributed by atoms with Crippen molar-refractivity contribution in [1.82, 2.24) is 14.1 Å². The van der Waals surface area contributed by atoms with Gasteiger partial charge in [0.15, 0.2) is 0 Å². The summed E-state index contributed by atoms with van der Waals surface area (Å²) in [6.45, 7) is 24.5. The van der Waals surface area contributed by atoms with Gasteiger partial charge in [0.05, 0.1) is 27.8 Å². The molecule has 0 amide bonds. The monoisotopic (exact) mass is 848 g/mol. The Bertz CT molecular complexity index is 3260. The lowest BCUT2D eigenvalue weighted by Crippen LogP contribution is -2.37. The van der Waals surface area contributed by atoms with Crippen molar-refractivity contribution < 1.29 is 13.4 Å². The Balaban J connectivity index is 1.22. The van der Waals surface area contributed by atoms with Crippen molar-refractivity contribution in [2.75, 3.05) is 0 Å². The highest BCUT2D eigenvalue weighted by Gasteiger charge is 2.32. The Morgan fingerprint density at radius 2 is 1.42 bits per heavy atom. The molecular formula is C59H64N4O. The minimum atomic E-state index is -2.35. The second-order valence-electron chi connectivity index (χ2n) is 22.0. The first-order chi connectivity index (χ1) is 31.3. The van der Waals surface area contributed by atoms with Crippen molar-refractivity contribution in [3.63, 3.8) is 0 Å². The molecule has 1 atom stereocenters. The number of hydrogen-bond donors (Lipinski definition) is 0. The molecule has 64 heavy (non-hydrogen) atoms. The SMILES string of the molecule is [2H]C([2H])([2H])c1cccc2c1[n+](C1=CC(C(C)(C)C)=C[C@H](C(C)(C)C)C1)[c-]n2-c1cc(Oc2ccc3c4cc(-c5ccccc5)ccc4n(-c4cc(C(C)(C)C)ccn4)c3c2)cc(C(C)(C)C)c1. The molecule has 0 N–H and O–H groups in total. The number of imidazole rings is 1. The Kier molecular flexibility index (Phi) is 9.54. The highest BCUT2D eigenvalue weighted by atomic mass is 16.5. The van der Waals surface area contributed by atoms with E-state index in [2.05, 4.69) is 191 Å². The molecule has 3 heterocycles. The van der Waals surface area contributed by atoms with Gasteiger partial charge < -0.3 is 4.74 Å². The second kappa shape index (κ2) is 15.5. The fourth-order valence-electron chi connectivity index (χ4n) is 8.99. The number of hydrogen-bond acceptors (Lipinski definition) is 2. The third-order valence-electron chi connectivity index (χ3n) is 13.0. The van der Waals surface area contributed by atoms with Crippen LogP contribution in [0.3, 0.4) is 0 Å². The van der Waals surface area contributed by atoms with Crippen LogP contribution in [0.25, 0.3) is 61.2 Å². The van der Waals surface area contributed by atoms with E-state index in [1.54, 1.807) is 6.07 Å². The fraction of sp³-hybridized carbons (Fsp3) is 0.322. The van der Waals surface area contributed by atoms with Crippen molar-refractivity contribution in [2.45, 2.75) is 107 Å². The number of para-hydroxylation sites is 1. The van der Waals surface area contributed by atoms with E-state index in [-0.39, 0.29) is 27.6 Å². The van der Waals surface area contributed by atoms with E-state index in [0.29, 0.717) is 22.6 Å². The van der Waals surface area contributed by atoms with Gasteiger partial charge in [-0.05, 0) is 135 Å². The lowest BCUT2D eigenvalue weighted by atomic mass is 9.71. The van der Waals surface area contributed by atoms with Gasteiger partial charge in [-0.1, -0.05) is 144 Å². The standard InChI is InChI=1S/C59H64N4O/c1-38-18-17-21-52-55(38)62(45-30-42(57(5,6)7)29-43(31-45)58(8,9)10)37-61(52)46-32-44(59(11,12)13)33-48(35-46)64-47-23-24-49-50-28-40(39-19-15-14-16-20-39)22-25-51(50)63(53(49)36-47)54-34-41(26-27-60-54)56(2,3)4/h14-30,32-36,43H,31H2,1-13H3/t43-/m0/s1/i1D3. The van der Waals surface area contributed by atoms with Gasteiger partial charge in [0.25, 0.3) is 6.33 Å². The van der Waals surface area contributed by atoms with Crippen molar-refractivity contribution in [1.29, 1.82) is 0 Å². The predicted octanol–water partition coefficient (Wildman–Crippen LogP) is 15.5. The molecule has 1 aliphatic carbocycles. The molecule has 326 valence electrons. The van der Waals surface area contributed by atoms with Gasteiger partial charge in [0.2, 0.25) is 0 Å². The maximum atomic E-state index is 8.72. The van der Waals surface area contributed by atoms with Crippen LogP contribution in [0, 0.1) is 29.9 Å². The van der Waals surface area contributed by atoms with E-state index in [4.69, 9.17) is 13.8 Å². The maximum Gasteiger partial charge on any atom is 0.269 e. The molecule has 3 aromatic heterocycles. The molecule has 0 saturated heterocycles. The summed E-state index contributed by atoms with van der Waals surface area (Å²) in [7, 11) is 0. The Hall–Kier alpha value is -6.20. The Morgan fingerprint density at radius 1 is 0.656 bits per heavy atom. The van der Waals surface area contributed by atoms with Crippen LogP contribution in [0.2, 0.25) is 0 Å².